The zero-order chi connectivity index (χ0) is 13.4. The van der Waals surface area contributed by atoms with Gasteiger partial charge in [0.25, 0.3) is 0 Å². The van der Waals surface area contributed by atoms with Crippen LogP contribution >= 0.6 is 24.8 Å². The van der Waals surface area contributed by atoms with Crippen LogP contribution in [-0.2, 0) is 18.9 Å². The molecule has 2 rings (SSSR count). The van der Waals surface area contributed by atoms with E-state index in [1.165, 1.54) is 0 Å². The Morgan fingerprint density at radius 1 is 0.800 bits per heavy atom. The summed E-state index contributed by atoms with van der Waals surface area (Å²) in [4.78, 5) is 0. The first-order valence-electron chi connectivity index (χ1n) is 6.41. The maximum absolute atomic E-state index is 5.64. The zero-order valence-electron chi connectivity index (χ0n) is 12.2. The van der Waals surface area contributed by atoms with Gasteiger partial charge in [-0.3, -0.25) is 0 Å². The molecule has 0 bridgehead atoms. The van der Waals surface area contributed by atoms with Gasteiger partial charge in [-0.25, -0.2) is 0 Å². The number of halogens is 2. The van der Waals surface area contributed by atoms with Crippen molar-refractivity contribution in [2.45, 2.75) is 37.1 Å². The van der Waals surface area contributed by atoms with Crippen molar-refractivity contribution in [3.05, 3.63) is 0 Å². The summed E-state index contributed by atoms with van der Waals surface area (Å²) in [6.07, 6.45) is 2.27. The summed E-state index contributed by atoms with van der Waals surface area (Å²) in [6.45, 7) is 2.84. The highest BCUT2D eigenvalue weighted by Gasteiger charge is 2.21. The van der Waals surface area contributed by atoms with Gasteiger partial charge in [-0.2, -0.15) is 0 Å². The van der Waals surface area contributed by atoms with Gasteiger partial charge < -0.3 is 30.4 Å². The molecule has 2 fully saturated rings. The lowest BCUT2D eigenvalue weighted by atomic mass is 10.1. The molecule has 2 aliphatic rings. The van der Waals surface area contributed by atoms with E-state index in [4.69, 9.17) is 30.4 Å². The highest BCUT2D eigenvalue weighted by molar-refractivity contribution is 5.85. The van der Waals surface area contributed by atoms with Gasteiger partial charge in [0.2, 0.25) is 0 Å². The van der Waals surface area contributed by atoms with E-state index in [1.807, 2.05) is 0 Å². The third-order valence-electron chi connectivity index (χ3n) is 3.27. The van der Waals surface area contributed by atoms with Gasteiger partial charge in [0.15, 0.2) is 0 Å². The van der Waals surface area contributed by atoms with Crippen LogP contribution in [-0.4, -0.2) is 64.9 Å². The molecule has 0 aromatic rings. The average Bonchev–Trinajstić information content (AvgIpc) is 2.41. The third kappa shape index (κ3) is 7.95. The van der Waals surface area contributed by atoms with Crippen LogP contribution in [0.1, 0.15) is 12.8 Å². The van der Waals surface area contributed by atoms with Crippen LogP contribution in [0.2, 0.25) is 0 Å². The summed E-state index contributed by atoms with van der Waals surface area (Å²) in [7, 11) is 3.38. The van der Waals surface area contributed by atoms with E-state index in [0.717, 1.165) is 26.1 Å². The van der Waals surface area contributed by atoms with Gasteiger partial charge in [-0.05, 0) is 12.8 Å². The molecule has 0 aromatic carbocycles. The van der Waals surface area contributed by atoms with Crippen molar-refractivity contribution >= 4 is 24.8 Å². The smallest absolute Gasteiger partial charge is 0.0766 e. The number of ether oxygens (including phenoxy) is 4. The number of hydrogen-bond donors (Lipinski definition) is 2. The number of rotatable bonds is 2. The number of methoxy groups -OCH3 is 2. The van der Waals surface area contributed by atoms with Crippen LogP contribution in [0.3, 0.4) is 0 Å². The van der Waals surface area contributed by atoms with Crippen molar-refractivity contribution < 1.29 is 18.9 Å². The Hall–Kier alpha value is 0.340. The zero-order valence-corrected chi connectivity index (χ0v) is 13.8. The van der Waals surface area contributed by atoms with E-state index in [1.54, 1.807) is 14.2 Å². The van der Waals surface area contributed by atoms with Crippen LogP contribution in [0.15, 0.2) is 0 Å². The van der Waals surface area contributed by atoms with Crippen molar-refractivity contribution in [1.82, 2.24) is 0 Å². The highest BCUT2D eigenvalue weighted by Crippen LogP contribution is 2.08. The highest BCUT2D eigenvalue weighted by atomic mass is 35.5. The summed E-state index contributed by atoms with van der Waals surface area (Å²) in [6, 6.07) is 0.146. The van der Waals surface area contributed by atoms with E-state index in [-0.39, 0.29) is 49.1 Å². The van der Waals surface area contributed by atoms with Crippen molar-refractivity contribution in [1.29, 1.82) is 0 Å². The average molecular weight is 335 g/mol. The quantitative estimate of drug-likeness (QED) is 0.757. The van der Waals surface area contributed by atoms with Crippen molar-refractivity contribution in [2.24, 2.45) is 11.5 Å². The Morgan fingerprint density at radius 3 is 1.35 bits per heavy atom. The predicted octanol–water partition coefficient (Wildman–Crippen LogP) is 0.342. The van der Waals surface area contributed by atoms with Crippen LogP contribution < -0.4 is 11.5 Å². The normalized spacial score (nSPS) is 33.0. The molecule has 0 aromatic heterocycles. The minimum atomic E-state index is 0. The first kappa shape index (κ1) is 22.6. The first-order valence-corrected chi connectivity index (χ1v) is 6.41. The Balaban J connectivity index is 0. The lowest BCUT2D eigenvalue weighted by Gasteiger charge is -2.26. The minimum absolute atomic E-state index is 0. The SMILES string of the molecule is CO[C@@H]1CCOC[C@H]1N.CO[C@H]1CCOC[C@@H]1N.Cl.Cl. The van der Waals surface area contributed by atoms with Gasteiger partial charge in [0.05, 0.1) is 37.5 Å². The molecule has 0 amide bonds. The van der Waals surface area contributed by atoms with E-state index in [9.17, 15) is 0 Å². The van der Waals surface area contributed by atoms with Crippen LogP contribution in [0.4, 0.5) is 0 Å². The fraction of sp³-hybridized carbons (Fsp3) is 1.00. The molecule has 2 saturated heterocycles. The molecule has 4 atom stereocenters. The fourth-order valence-corrected chi connectivity index (χ4v) is 2.07. The Labute approximate surface area is 133 Å². The number of nitrogens with two attached hydrogens (primary N) is 2. The summed E-state index contributed by atoms with van der Waals surface area (Å²) >= 11 is 0. The molecule has 20 heavy (non-hydrogen) atoms. The summed E-state index contributed by atoms with van der Waals surface area (Å²) < 4.78 is 20.4. The van der Waals surface area contributed by atoms with E-state index in [0.29, 0.717) is 13.2 Å². The van der Waals surface area contributed by atoms with Crippen LogP contribution in [0.25, 0.3) is 0 Å². The maximum atomic E-state index is 5.64. The summed E-state index contributed by atoms with van der Waals surface area (Å²) in [5.41, 5.74) is 11.3. The van der Waals surface area contributed by atoms with E-state index in [2.05, 4.69) is 0 Å². The van der Waals surface area contributed by atoms with Gasteiger partial charge in [0.1, 0.15) is 0 Å². The molecule has 0 unspecified atom stereocenters. The lowest BCUT2D eigenvalue weighted by Crippen LogP contribution is -2.44. The molecule has 8 heteroatoms. The lowest BCUT2D eigenvalue weighted by molar-refractivity contribution is -0.0259. The van der Waals surface area contributed by atoms with Crippen LogP contribution in [0, 0.1) is 0 Å². The van der Waals surface area contributed by atoms with Gasteiger partial charge in [0, 0.05) is 27.4 Å². The van der Waals surface area contributed by atoms with Crippen molar-refractivity contribution in [3.8, 4) is 0 Å². The molecule has 0 spiro atoms. The summed E-state index contributed by atoms with van der Waals surface area (Å²) in [5.74, 6) is 0. The largest absolute Gasteiger partial charge is 0.380 e. The van der Waals surface area contributed by atoms with Gasteiger partial charge >= 0.3 is 0 Å². The molecule has 0 aliphatic carbocycles. The molecule has 124 valence electrons. The van der Waals surface area contributed by atoms with E-state index >= 15 is 0 Å². The molecular formula is C12H28Cl2N2O4. The molecule has 0 radical (unpaired) electrons. The minimum Gasteiger partial charge on any atom is -0.380 e. The first-order chi connectivity index (χ1) is 8.69. The summed E-state index contributed by atoms with van der Waals surface area (Å²) in [5, 5.41) is 0. The number of hydrogen-bond acceptors (Lipinski definition) is 6. The predicted molar refractivity (Wildman–Crippen MR) is 82.9 cm³/mol. The molecule has 6 nitrogen and oxygen atoms in total. The maximum Gasteiger partial charge on any atom is 0.0766 e. The molecule has 2 aliphatic heterocycles. The Bertz CT molecular complexity index is 206. The topological polar surface area (TPSA) is 89.0 Å². The van der Waals surface area contributed by atoms with Crippen molar-refractivity contribution in [2.75, 3.05) is 40.6 Å². The monoisotopic (exact) mass is 334 g/mol. The second kappa shape index (κ2) is 13.0. The third-order valence-corrected chi connectivity index (χ3v) is 3.27. The van der Waals surface area contributed by atoms with Crippen molar-refractivity contribution in [3.63, 3.8) is 0 Å². The second-order valence-electron chi connectivity index (χ2n) is 4.60. The van der Waals surface area contributed by atoms with E-state index < -0.39 is 0 Å². The van der Waals surface area contributed by atoms with Gasteiger partial charge in [-0.15, -0.1) is 24.8 Å². The second-order valence-corrected chi connectivity index (χ2v) is 4.60. The standard InChI is InChI=1S/2C6H13NO2.2ClH/c2*1-8-6-2-3-9-4-5(6)7;;/h2*5-6H,2-4,7H2,1H3;2*1H/t2*5-,6-;;/m10../s1. The Kier molecular flexibility index (Phi) is 14.7. The Morgan fingerprint density at radius 2 is 1.15 bits per heavy atom. The molecular weight excluding hydrogens is 307 g/mol. The van der Waals surface area contributed by atoms with Gasteiger partial charge in [-0.1, -0.05) is 0 Å². The fourth-order valence-electron chi connectivity index (χ4n) is 2.07. The molecule has 0 saturated carbocycles. The molecule has 4 N–H and O–H groups in total. The molecule has 2 heterocycles. The van der Waals surface area contributed by atoms with Crippen LogP contribution in [0.5, 0.6) is 0 Å².